The van der Waals surface area contributed by atoms with Gasteiger partial charge in [-0.1, -0.05) is 125 Å². The lowest BCUT2D eigenvalue weighted by Crippen LogP contribution is -2.46. The van der Waals surface area contributed by atoms with Crippen LogP contribution < -0.4 is 0 Å². The van der Waals surface area contributed by atoms with Gasteiger partial charge in [0.15, 0.2) is 0 Å². The lowest BCUT2D eigenvalue weighted by Gasteiger charge is -2.44. The molecule has 0 N–H and O–H groups in total. The summed E-state index contributed by atoms with van der Waals surface area (Å²) in [4.78, 5) is 0. The van der Waals surface area contributed by atoms with Crippen LogP contribution in [0.15, 0.2) is 105 Å². The minimum atomic E-state index is -0.333. The molecule has 6 aliphatic rings. The molecule has 2 aliphatic heterocycles. The number of nitrogens with zero attached hydrogens (tertiary/aromatic N) is 4. The van der Waals surface area contributed by atoms with E-state index in [1.54, 1.807) is 0 Å². The van der Waals surface area contributed by atoms with Gasteiger partial charge in [-0.2, -0.15) is 20.5 Å². The molecule has 2 heterocycles. The van der Waals surface area contributed by atoms with E-state index in [1.807, 2.05) is 0 Å². The number of fused-ring (bicyclic) bond motifs is 10. The Hall–Kier alpha value is -3.14. The summed E-state index contributed by atoms with van der Waals surface area (Å²) in [6, 6.07) is 31.8. The number of azo groups is 2. The van der Waals surface area contributed by atoms with Gasteiger partial charge in [0.1, 0.15) is 22.2 Å². The van der Waals surface area contributed by atoms with E-state index in [9.17, 15) is 0 Å². The monoisotopic (exact) mass is 554 g/mol. The third-order valence-corrected chi connectivity index (χ3v) is 13.9. The Morgan fingerprint density at radius 3 is 1.10 bits per heavy atom. The maximum absolute atomic E-state index is 5.41. The normalized spacial score (nSPS) is 42.8. The molecule has 4 saturated carbocycles. The predicted octanol–water partition coefficient (Wildman–Crippen LogP) is 9.71. The zero-order chi connectivity index (χ0) is 28.6. The van der Waals surface area contributed by atoms with Gasteiger partial charge >= 0.3 is 0 Å². The zero-order valence-corrected chi connectivity index (χ0v) is 25.4. The van der Waals surface area contributed by atoms with Gasteiger partial charge in [-0.05, 0) is 71.6 Å². The summed E-state index contributed by atoms with van der Waals surface area (Å²) in [5.41, 5.74) is 3.88. The minimum absolute atomic E-state index is 0.139. The molecular formula is C38H42N4. The molecule has 0 spiro atoms. The molecule has 0 aromatic heterocycles. The molecule has 0 radical (unpaired) electrons. The first-order valence-electron chi connectivity index (χ1n) is 16.4. The van der Waals surface area contributed by atoms with Gasteiger partial charge in [0.25, 0.3) is 0 Å². The number of hydrogen-bond acceptors (Lipinski definition) is 4. The molecule has 214 valence electrons. The zero-order valence-electron chi connectivity index (χ0n) is 25.4. The molecule has 4 bridgehead atoms. The summed E-state index contributed by atoms with van der Waals surface area (Å²) in [5, 5.41) is 21.5. The van der Waals surface area contributed by atoms with Gasteiger partial charge in [0.2, 0.25) is 0 Å². The first-order chi connectivity index (χ1) is 20.3. The molecule has 4 fully saturated rings. The predicted molar refractivity (Wildman–Crippen MR) is 165 cm³/mol. The van der Waals surface area contributed by atoms with Gasteiger partial charge in [0.05, 0.1) is 0 Å². The Kier molecular flexibility index (Phi) is 4.75. The number of benzene rings is 3. The van der Waals surface area contributed by atoms with E-state index in [-0.39, 0.29) is 33.0 Å². The second-order valence-corrected chi connectivity index (χ2v) is 15.3. The van der Waals surface area contributed by atoms with Crippen molar-refractivity contribution in [2.24, 2.45) is 55.0 Å². The van der Waals surface area contributed by atoms with Crippen LogP contribution in [0.2, 0.25) is 0 Å². The first-order valence-corrected chi connectivity index (χ1v) is 16.4. The molecule has 4 aliphatic carbocycles. The van der Waals surface area contributed by atoms with Crippen LogP contribution in [0.4, 0.5) is 0 Å². The fourth-order valence-electron chi connectivity index (χ4n) is 12.4. The highest BCUT2D eigenvalue weighted by molar-refractivity contribution is 5.50. The van der Waals surface area contributed by atoms with Crippen molar-refractivity contribution in [3.8, 4) is 0 Å². The summed E-state index contributed by atoms with van der Waals surface area (Å²) in [7, 11) is 0. The molecule has 0 amide bonds. The van der Waals surface area contributed by atoms with Crippen LogP contribution in [-0.4, -0.2) is 0 Å². The molecule has 4 nitrogen and oxygen atoms in total. The average Bonchev–Trinajstić information content (AvgIpc) is 3.83. The molecule has 8 unspecified atom stereocenters. The quantitative estimate of drug-likeness (QED) is 0.308. The highest BCUT2D eigenvalue weighted by Gasteiger charge is 2.80. The largest absolute Gasteiger partial charge is 0.181 e. The summed E-state index contributed by atoms with van der Waals surface area (Å²) < 4.78 is 0. The first kappa shape index (κ1) is 25.4. The van der Waals surface area contributed by atoms with Crippen LogP contribution in [0, 0.1) is 34.5 Å². The molecule has 3 aromatic carbocycles. The molecule has 8 atom stereocenters. The maximum Gasteiger partial charge on any atom is 0.117 e. The lowest BCUT2D eigenvalue weighted by molar-refractivity contribution is 0.136. The van der Waals surface area contributed by atoms with E-state index < -0.39 is 0 Å². The SMILES string of the molecule is CC1(C)C2(c3ccccc3)N=NC1(c1cccc(C34N=NC(c5ccccc5)(C5CCCC53)C4(C)C)c1)C1CCCC12. The van der Waals surface area contributed by atoms with Crippen molar-refractivity contribution >= 4 is 0 Å². The Labute approximate surface area is 250 Å². The number of hydrogen-bond donors (Lipinski definition) is 0. The highest BCUT2D eigenvalue weighted by atomic mass is 15.3. The average molecular weight is 555 g/mol. The molecule has 0 saturated heterocycles. The highest BCUT2D eigenvalue weighted by Crippen LogP contribution is 2.79. The number of rotatable bonds is 4. The van der Waals surface area contributed by atoms with Gasteiger partial charge in [-0.25, -0.2) is 0 Å². The maximum atomic E-state index is 5.41. The second kappa shape index (κ2) is 7.87. The van der Waals surface area contributed by atoms with Crippen LogP contribution in [0.5, 0.6) is 0 Å². The Bertz CT molecular complexity index is 1520. The van der Waals surface area contributed by atoms with Crippen molar-refractivity contribution in [1.82, 2.24) is 0 Å². The second-order valence-electron chi connectivity index (χ2n) is 15.3. The topological polar surface area (TPSA) is 49.4 Å². The van der Waals surface area contributed by atoms with Crippen LogP contribution >= 0.6 is 0 Å². The van der Waals surface area contributed by atoms with E-state index in [0.29, 0.717) is 23.7 Å². The molecular weight excluding hydrogens is 512 g/mol. The molecule has 4 heteroatoms. The third-order valence-electron chi connectivity index (χ3n) is 13.9. The van der Waals surface area contributed by atoms with Crippen LogP contribution in [0.3, 0.4) is 0 Å². The minimum Gasteiger partial charge on any atom is -0.181 e. The summed E-state index contributed by atoms with van der Waals surface area (Å²) in [6.45, 7) is 9.86. The van der Waals surface area contributed by atoms with Crippen LogP contribution in [0.25, 0.3) is 0 Å². The van der Waals surface area contributed by atoms with Crippen LogP contribution in [0.1, 0.15) is 88.5 Å². The molecule has 9 rings (SSSR count). The van der Waals surface area contributed by atoms with Crippen molar-refractivity contribution in [3.05, 3.63) is 107 Å². The van der Waals surface area contributed by atoms with Gasteiger partial charge in [0, 0.05) is 10.8 Å². The van der Waals surface area contributed by atoms with Crippen molar-refractivity contribution in [1.29, 1.82) is 0 Å². The van der Waals surface area contributed by atoms with E-state index in [2.05, 4.69) is 113 Å². The van der Waals surface area contributed by atoms with E-state index in [4.69, 9.17) is 20.5 Å². The Morgan fingerprint density at radius 1 is 0.429 bits per heavy atom. The van der Waals surface area contributed by atoms with Crippen molar-refractivity contribution < 1.29 is 0 Å². The smallest absolute Gasteiger partial charge is 0.117 e. The molecule has 42 heavy (non-hydrogen) atoms. The summed E-state index contributed by atoms with van der Waals surface area (Å²) >= 11 is 0. The Balaban J connectivity index is 1.23. The van der Waals surface area contributed by atoms with Gasteiger partial charge in [-0.15, -0.1) is 0 Å². The fourth-order valence-corrected chi connectivity index (χ4v) is 12.4. The Morgan fingerprint density at radius 2 is 0.738 bits per heavy atom. The van der Waals surface area contributed by atoms with E-state index in [1.165, 1.54) is 60.8 Å². The van der Waals surface area contributed by atoms with Gasteiger partial charge in [-0.3, -0.25) is 0 Å². The van der Waals surface area contributed by atoms with E-state index >= 15 is 0 Å². The summed E-state index contributed by atoms with van der Waals surface area (Å²) in [5.74, 6) is 2.05. The van der Waals surface area contributed by atoms with Crippen LogP contribution in [-0.2, 0) is 22.2 Å². The fraction of sp³-hybridized carbons (Fsp3) is 0.526. The standard InChI is InChI=1S/C38H42N4/c1-33(2)35(25-14-7-5-8-15-25)29-20-12-22-31(29)37(33,41-39-35)27-18-11-19-28(24-27)38-32-23-13-21-30(32)36(40-42-38,34(38,3)4)26-16-9-6-10-17-26/h5-11,14-19,24,29-32H,12-13,20-23H2,1-4H3. The molecule has 3 aromatic rings. The van der Waals surface area contributed by atoms with Gasteiger partial charge < -0.3 is 0 Å². The summed E-state index contributed by atoms with van der Waals surface area (Å²) in [6.07, 6.45) is 7.45. The van der Waals surface area contributed by atoms with Crippen molar-refractivity contribution in [3.63, 3.8) is 0 Å². The third kappa shape index (κ3) is 2.39. The van der Waals surface area contributed by atoms with Crippen molar-refractivity contribution in [2.45, 2.75) is 88.4 Å². The van der Waals surface area contributed by atoms with Crippen molar-refractivity contribution in [2.75, 3.05) is 0 Å². The lowest BCUT2D eigenvalue weighted by atomic mass is 9.59. The van der Waals surface area contributed by atoms with E-state index in [0.717, 1.165) is 0 Å².